The van der Waals surface area contributed by atoms with Gasteiger partial charge in [-0.1, -0.05) is 17.2 Å². The van der Waals surface area contributed by atoms with E-state index < -0.39 is 6.04 Å². The summed E-state index contributed by atoms with van der Waals surface area (Å²) in [7, 11) is 5.23. The van der Waals surface area contributed by atoms with E-state index in [-0.39, 0.29) is 17.7 Å². The van der Waals surface area contributed by atoms with Crippen LogP contribution in [0.25, 0.3) is 11.3 Å². The number of benzene rings is 1. The van der Waals surface area contributed by atoms with E-state index in [1.54, 1.807) is 55.1 Å². The summed E-state index contributed by atoms with van der Waals surface area (Å²) in [6, 6.07) is 10.8. The highest BCUT2D eigenvalue weighted by atomic mass is 19.1. The molecule has 0 radical (unpaired) electrons. The van der Waals surface area contributed by atoms with Gasteiger partial charge in [-0.05, 0) is 35.0 Å². The second-order valence-electron chi connectivity index (χ2n) is 7.38. The zero-order valence-corrected chi connectivity index (χ0v) is 18.3. The predicted molar refractivity (Wildman–Crippen MR) is 121 cm³/mol. The van der Waals surface area contributed by atoms with Crippen molar-refractivity contribution in [3.05, 3.63) is 60.0 Å². The smallest absolute Gasteiger partial charge is 0.266 e. The minimum absolute atomic E-state index is 0.263. The number of rotatable bonds is 8. The Hall–Kier alpha value is -4.35. The minimum atomic E-state index is -0.691. The molecule has 0 aliphatic carbocycles. The Kier molecular flexibility index (Phi) is 6.24. The molecule has 33 heavy (non-hydrogen) atoms. The monoisotopic (exact) mass is 450 g/mol. The molecule has 0 saturated carbocycles. The molecule has 1 aromatic carbocycles. The number of hydrogen-bond donors (Lipinski definition) is 3. The van der Waals surface area contributed by atoms with Crippen LogP contribution in [0.5, 0.6) is 0 Å². The molecule has 0 aliphatic rings. The normalized spacial score (nSPS) is 11.8. The number of carbonyl (C=O) groups excluding carboxylic acids is 1. The Bertz CT molecular complexity index is 1220. The van der Waals surface area contributed by atoms with Gasteiger partial charge in [-0.15, -0.1) is 5.10 Å². The third kappa shape index (κ3) is 4.95. The number of carbonyl (C=O) groups is 1. The lowest BCUT2D eigenvalue weighted by molar-refractivity contribution is -0.117. The van der Waals surface area contributed by atoms with Crippen LogP contribution in [-0.4, -0.2) is 61.4 Å². The van der Waals surface area contributed by atoms with Gasteiger partial charge in [-0.3, -0.25) is 9.48 Å². The first-order valence-electron chi connectivity index (χ1n) is 10.1. The van der Waals surface area contributed by atoms with Gasteiger partial charge in [0.05, 0.1) is 5.69 Å². The van der Waals surface area contributed by atoms with Crippen LogP contribution in [0.2, 0.25) is 0 Å². The summed E-state index contributed by atoms with van der Waals surface area (Å²) in [6.07, 6.45) is 1.99. The summed E-state index contributed by atoms with van der Waals surface area (Å²) in [6.45, 7) is 0. The number of H-pyrrole nitrogens is 1. The lowest BCUT2D eigenvalue weighted by Crippen LogP contribution is -2.44. The van der Waals surface area contributed by atoms with Gasteiger partial charge < -0.3 is 15.5 Å². The SMILES string of the molecule is CNc1cc(-c2cc(NC(=O)[C@H](Cc3ccc(F)cc3)N(C)c3nn[nH]n3)n(C)n2)ccn1. The van der Waals surface area contributed by atoms with Crippen molar-refractivity contribution in [1.29, 1.82) is 0 Å². The lowest BCUT2D eigenvalue weighted by atomic mass is 10.0. The lowest BCUT2D eigenvalue weighted by Gasteiger charge is -2.26. The van der Waals surface area contributed by atoms with Crippen LogP contribution in [0.3, 0.4) is 0 Å². The number of hydrogen-bond acceptors (Lipinski definition) is 8. The van der Waals surface area contributed by atoms with Gasteiger partial charge in [-0.25, -0.2) is 9.37 Å². The van der Waals surface area contributed by atoms with Crippen molar-refractivity contribution in [2.45, 2.75) is 12.5 Å². The van der Waals surface area contributed by atoms with Gasteiger partial charge in [-0.2, -0.15) is 10.3 Å². The van der Waals surface area contributed by atoms with Crippen LogP contribution in [0.1, 0.15) is 5.56 Å². The van der Waals surface area contributed by atoms with E-state index in [2.05, 4.69) is 41.3 Å². The summed E-state index contributed by atoms with van der Waals surface area (Å²) in [4.78, 5) is 19.2. The van der Waals surface area contributed by atoms with Crippen LogP contribution in [0, 0.1) is 5.82 Å². The maximum atomic E-state index is 13.3. The number of aromatic nitrogens is 7. The van der Waals surface area contributed by atoms with Crippen LogP contribution >= 0.6 is 0 Å². The molecule has 1 amide bonds. The summed E-state index contributed by atoms with van der Waals surface area (Å²) < 4.78 is 14.9. The standard InChI is InChI=1S/C21H23FN10O/c1-23-18-11-14(8-9-24-18)16-12-19(32(3)28-16)25-20(33)17(31(2)21-26-29-30-27-21)10-13-4-6-15(22)7-5-13/h4-9,11-12,17H,10H2,1-3H3,(H,23,24)(H,25,33)(H,26,27,29,30)/t17-/m0/s1. The molecule has 0 spiro atoms. The second kappa shape index (κ2) is 9.42. The number of aryl methyl sites for hydroxylation is 1. The van der Waals surface area contributed by atoms with Crippen molar-refractivity contribution in [2.75, 3.05) is 29.6 Å². The number of likely N-dealkylation sites (N-methyl/N-ethyl adjacent to an activating group) is 1. The molecule has 12 heteroatoms. The molecule has 0 unspecified atom stereocenters. The number of tetrazole rings is 1. The number of anilines is 3. The maximum Gasteiger partial charge on any atom is 0.266 e. The summed E-state index contributed by atoms with van der Waals surface area (Å²) >= 11 is 0. The predicted octanol–water partition coefficient (Wildman–Crippen LogP) is 1.86. The molecule has 3 aromatic heterocycles. The van der Waals surface area contributed by atoms with E-state index in [0.717, 1.165) is 11.1 Å². The van der Waals surface area contributed by atoms with E-state index in [0.29, 0.717) is 23.8 Å². The molecule has 3 heterocycles. The number of nitrogens with one attached hydrogen (secondary N) is 3. The van der Waals surface area contributed by atoms with Crippen molar-refractivity contribution in [2.24, 2.45) is 7.05 Å². The third-order valence-corrected chi connectivity index (χ3v) is 5.21. The number of halogens is 1. The molecule has 4 rings (SSSR count). The maximum absolute atomic E-state index is 13.3. The first-order valence-corrected chi connectivity index (χ1v) is 10.1. The van der Waals surface area contributed by atoms with Gasteiger partial charge in [0.15, 0.2) is 0 Å². The molecule has 0 saturated heterocycles. The highest BCUT2D eigenvalue weighted by molar-refractivity contribution is 5.96. The Morgan fingerprint density at radius 2 is 2.03 bits per heavy atom. The van der Waals surface area contributed by atoms with Crippen LogP contribution < -0.4 is 15.5 Å². The fraction of sp³-hybridized carbons (Fsp3) is 0.238. The Morgan fingerprint density at radius 3 is 2.73 bits per heavy atom. The van der Waals surface area contributed by atoms with Crippen LogP contribution in [0.4, 0.5) is 22.0 Å². The first kappa shape index (κ1) is 21.9. The first-order chi connectivity index (χ1) is 15.9. The molecule has 1 atom stereocenters. The van der Waals surface area contributed by atoms with Crippen molar-refractivity contribution in [3.63, 3.8) is 0 Å². The van der Waals surface area contributed by atoms with Crippen molar-refractivity contribution in [3.8, 4) is 11.3 Å². The highest BCUT2D eigenvalue weighted by Gasteiger charge is 2.27. The molecular formula is C21H23FN10O. The molecule has 11 nitrogen and oxygen atoms in total. The number of aromatic amines is 1. The zero-order chi connectivity index (χ0) is 23.4. The van der Waals surface area contributed by atoms with Gasteiger partial charge in [0.2, 0.25) is 5.91 Å². The van der Waals surface area contributed by atoms with E-state index in [1.807, 2.05) is 12.1 Å². The van der Waals surface area contributed by atoms with Gasteiger partial charge in [0, 0.05) is 45.4 Å². The fourth-order valence-electron chi connectivity index (χ4n) is 3.36. The van der Waals surface area contributed by atoms with E-state index >= 15 is 0 Å². The van der Waals surface area contributed by atoms with Gasteiger partial charge in [0.25, 0.3) is 5.95 Å². The van der Waals surface area contributed by atoms with Crippen LogP contribution in [0.15, 0.2) is 48.7 Å². The molecule has 0 aliphatic heterocycles. The van der Waals surface area contributed by atoms with E-state index in [9.17, 15) is 9.18 Å². The van der Waals surface area contributed by atoms with Crippen molar-refractivity contribution < 1.29 is 9.18 Å². The fourth-order valence-corrected chi connectivity index (χ4v) is 3.36. The molecule has 170 valence electrons. The summed E-state index contributed by atoms with van der Waals surface area (Å²) in [5.74, 6) is 0.852. The average molecular weight is 450 g/mol. The molecule has 0 fully saturated rings. The Morgan fingerprint density at radius 1 is 1.24 bits per heavy atom. The quantitative estimate of drug-likeness (QED) is 0.371. The van der Waals surface area contributed by atoms with Crippen molar-refractivity contribution >= 4 is 23.5 Å². The summed E-state index contributed by atoms with van der Waals surface area (Å²) in [5, 5.41) is 24.3. The van der Waals surface area contributed by atoms with Gasteiger partial charge >= 0.3 is 0 Å². The Labute approximate surface area is 189 Å². The minimum Gasteiger partial charge on any atom is -0.373 e. The number of pyridine rings is 1. The number of nitrogens with zero attached hydrogens (tertiary/aromatic N) is 7. The van der Waals surface area contributed by atoms with Crippen LogP contribution in [-0.2, 0) is 18.3 Å². The highest BCUT2D eigenvalue weighted by Crippen LogP contribution is 2.23. The van der Waals surface area contributed by atoms with E-state index in [1.165, 1.54) is 12.1 Å². The molecule has 4 aromatic rings. The Balaban J connectivity index is 1.58. The van der Waals surface area contributed by atoms with E-state index in [4.69, 9.17) is 0 Å². The second-order valence-corrected chi connectivity index (χ2v) is 7.38. The third-order valence-electron chi connectivity index (χ3n) is 5.21. The topological polar surface area (TPSA) is 130 Å². The number of amides is 1. The molecule has 0 bridgehead atoms. The summed E-state index contributed by atoms with van der Waals surface area (Å²) in [5.41, 5.74) is 2.33. The average Bonchev–Trinajstić information content (AvgIpc) is 3.49. The molecule has 3 N–H and O–H groups in total. The van der Waals surface area contributed by atoms with Crippen molar-refractivity contribution in [1.82, 2.24) is 35.4 Å². The molecular weight excluding hydrogens is 427 g/mol. The zero-order valence-electron chi connectivity index (χ0n) is 18.3. The van der Waals surface area contributed by atoms with Gasteiger partial charge in [0.1, 0.15) is 23.5 Å². The largest absolute Gasteiger partial charge is 0.373 e.